The molecule has 0 aliphatic heterocycles. The van der Waals surface area contributed by atoms with E-state index in [1.165, 1.54) is 11.3 Å². The van der Waals surface area contributed by atoms with Gasteiger partial charge in [0, 0.05) is 6.42 Å². The Morgan fingerprint density at radius 2 is 1.82 bits per heavy atom. The topological polar surface area (TPSA) is 20.2 Å². The molecule has 0 amide bonds. The van der Waals surface area contributed by atoms with Crippen molar-refractivity contribution < 1.29 is 5.11 Å². The first-order chi connectivity index (χ1) is 8.08. The number of rotatable bonds is 3. The van der Waals surface area contributed by atoms with Crippen molar-refractivity contribution >= 4 is 46.1 Å². The van der Waals surface area contributed by atoms with Crippen LogP contribution >= 0.6 is 46.1 Å². The second-order valence-electron chi connectivity index (χ2n) is 3.60. The Labute approximate surface area is 119 Å². The molecule has 5 heteroatoms. The molecule has 2 rings (SSSR count). The van der Waals surface area contributed by atoms with Crippen LogP contribution in [0.1, 0.15) is 16.5 Å². The van der Waals surface area contributed by atoms with E-state index in [1.807, 2.05) is 11.4 Å². The molecule has 1 heterocycles. The molecule has 0 saturated carbocycles. The Bertz CT molecular complexity index is 524. The van der Waals surface area contributed by atoms with Gasteiger partial charge in [0.05, 0.1) is 26.0 Å². The smallest absolute Gasteiger partial charge is 0.0937 e. The van der Waals surface area contributed by atoms with E-state index in [-0.39, 0.29) is 0 Å². The summed E-state index contributed by atoms with van der Waals surface area (Å²) in [5.74, 6) is 0. The first kappa shape index (κ1) is 13.2. The summed E-state index contributed by atoms with van der Waals surface area (Å²) < 4.78 is 0. The van der Waals surface area contributed by atoms with Crippen molar-refractivity contribution in [2.24, 2.45) is 0 Å². The number of thiophene rings is 1. The third-order valence-corrected chi connectivity index (χ3v) is 4.56. The molecule has 90 valence electrons. The molecule has 1 unspecified atom stereocenters. The molecular weight excluding hydrogens is 299 g/mol. The van der Waals surface area contributed by atoms with Gasteiger partial charge in [0.1, 0.15) is 0 Å². The minimum atomic E-state index is -0.611. The molecule has 1 aromatic heterocycles. The Morgan fingerprint density at radius 3 is 2.41 bits per heavy atom. The molecule has 2 aromatic rings. The highest BCUT2D eigenvalue weighted by atomic mass is 35.5. The van der Waals surface area contributed by atoms with Gasteiger partial charge in [-0.1, -0.05) is 40.9 Å². The standard InChI is InChI=1S/C12H9Cl3OS/c13-8-2-1-7(5-10(8)15)6-11(16)12-9(14)3-4-17-12/h1-5,11,16H,6H2. The fourth-order valence-electron chi connectivity index (χ4n) is 1.53. The fourth-order valence-corrected chi connectivity index (χ4v) is 3.02. The number of aliphatic hydroxyl groups is 1. The summed E-state index contributed by atoms with van der Waals surface area (Å²) in [6.45, 7) is 0. The Kier molecular flexibility index (Phi) is 4.34. The second-order valence-corrected chi connectivity index (χ2v) is 5.77. The molecule has 1 atom stereocenters. The lowest BCUT2D eigenvalue weighted by atomic mass is 10.1. The summed E-state index contributed by atoms with van der Waals surface area (Å²) in [5, 5.41) is 13.5. The summed E-state index contributed by atoms with van der Waals surface area (Å²) in [7, 11) is 0. The average Bonchev–Trinajstić information content (AvgIpc) is 2.70. The maximum Gasteiger partial charge on any atom is 0.0937 e. The van der Waals surface area contributed by atoms with Gasteiger partial charge in [0.25, 0.3) is 0 Å². The van der Waals surface area contributed by atoms with Crippen molar-refractivity contribution in [1.29, 1.82) is 0 Å². The molecule has 1 nitrogen and oxygen atoms in total. The van der Waals surface area contributed by atoms with Crippen LogP contribution in [-0.4, -0.2) is 5.11 Å². The third kappa shape index (κ3) is 3.15. The zero-order chi connectivity index (χ0) is 12.4. The maximum atomic E-state index is 10.1. The van der Waals surface area contributed by atoms with Crippen LogP contribution in [0.4, 0.5) is 0 Å². The quantitative estimate of drug-likeness (QED) is 0.847. The van der Waals surface area contributed by atoms with E-state index in [4.69, 9.17) is 34.8 Å². The minimum absolute atomic E-state index is 0.469. The SMILES string of the molecule is OC(Cc1ccc(Cl)c(Cl)c1)c1sccc1Cl. The van der Waals surface area contributed by atoms with Gasteiger partial charge in [0.15, 0.2) is 0 Å². The summed E-state index contributed by atoms with van der Waals surface area (Å²) in [4.78, 5) is 0.776. The summed E-state index contributed by atoms with van der Waals surface area (Å²) in [5.41, 5.74) is 0.927. The summed E-state index contributed by atoms with van der Waals surface area (Å²) in [6.07, 6.45) is -0.142. The first-order valence-electron chi connectivity index (χ1n) is 4.93. The Balaban J connectivity index is 2.16. The van der Waals surface area contributed by atoms with E-state index in [2.05, 4.69) is 0 Å². The maximum absolute atomic E-state index is 10.1. The zero-order valence-corrected chi connectivity index (χ0v) is 11.7. The van der Waals surface area contributed by atoms with Gasteiger partial charge in [-0.2, -0.15) is 0 Å². The summed E-state index contributed by atoms with van der Waals surface area (Å²) >= 11 is 19.1. The molecule has 1 N–H and O–H groups in total. The van der Waals surface area contributed by atoms with E-state index >= 15 is 0 Å². The van der Waals surface area contributed by atoms with Crippen molar-refractivity contribution in [2.75, 3.05) is 0 Å². The molecule has 17 heavy (non-hydrogen) atoms. The highest BCUT2D eigenvalue weighted by Crippen LogP contribution is 2.31. The lowest BCUT2D eigenvalue weighted by Gasteiger charge is -2.10. The molecule has 0 fully saturated rings. The van der Waals surface area contributed by atoms with Crippen LogP contribution in [0, 0.1) is 0 Å². The number of halogens is 3. The van der Waals surface area contributed by atoms with E-state index in [9.17, 15) is 5.11 Å². The predicted octanol–water partition coefficient (Wildman–Crippen LogP) is 4.98. The molecule has 0 spiro atoms. The van der Waals surface area contributed by atoms with Gasteiger partial charge >= 0.3 is 0 Å². The van der Waals surface area contributed by atoms with Gasteiger partial charge in [-0.05, 0) is 29.1 Å². The van der Waals surface area contributed by atoms with E-state index in [1.54, 1.807) is 18.2 Å². The van der Waals surface area contributed by atoms with Crippen LogP contribution in [0.3, 0.4) is 0 Å². The minimum Gasteiger partial charge on any atom is -0.387 e. The molecule has 0 radical (unpaired) electrons. The number of hydrogen-bond acceptors (Lipinski definition) is 2. The van der Waals surface area contributed by atoms with Crippen LogP contribution < -0.4 is 0 Å². The molecule has 0 aliphatic carbocycles. The second kappa shape index (κ2) is 5.59. The first-order valence-corrected chi connectivity index (χ1v) is 6.94. The van der Waals surface area contributed by atoms with Crippen molar-refractivity contribution in [3.05, 3.63) is 55.2 Å². The lowest BCUT2D eigenvalue weighted by molar-refractivity contribution is 0.182. The van der Waals surface area contributed by atoms with Crippen molar-refractivity contribution in [1.82, 2.24) is 0 Å². The third-order valence-electron chi connectivity index (χ3n) is 2.36. The highest BCUT2D eigenvalue weighted by Gasteiger charge is 2.14. The van der Waals surface area contributed by atoms with Gasteiger partial charge in [-0.15, -0.1) is 11.3 Å². The highest BCUT2D eigenvalue weighted by molar-refractivity contribution is 7.10. The molecule has 0 saturated heterocycles. The number of benzene rings is 1. The van der Waals surface area contributed by atoms with Gasteiger partial charge in [0.2, 0.25) is 0 Å². The fraction of sp³-hybridized carbons (Fsp3) is 0.167. The largest absolute Gasteiger partial charge is 0.387 e. The van der Waals surface area contributed by atoms with Gasteiger partial charge in [-0.25, -0.2) is 0 Å². The van der Waals surface area contributed by atoms with Crippen molar-refractivity contribution in [3.8, 4) is 0 Å². The van der Waals surface area contributed by atoms with Gasteiger partial charge < -0.3 is 5.11 Å². The lowest BCUT2D eigenvalue weighted by Crippen LogP contribution is -2.00. The summed E-state index contributed by atoms with van der Waals surface area (Å²) in [6, 6.07) is 7.11. The zero-order valence-electron chi connectivity index (χ0n) is 8.66. The van der Waals surface area contributed by atoms with Crippen LogP contribution in [0.2, 0.25) is 15.1 Å². The van der Waals surface area contributed by atoms with Crippen LogP contribution in [0.15, 0.2) is 29.6 Å². The van der Waals surface area contributed by atoms with Crippen molar-refractivity contribution in [2.45, 2.75) is 12.5 Å². The normalized spacial score (nSPS) is 12.7. The Morgan fingerprint density at radius 1 is 1.06 bits per heavy atom. The Hall–Kier alpha value is -0.250. The average molecular weight is 308 g/mol. The molecule has 1 aromatic carbocycles. The van der Waals surface area contributed by atoms with Crippen molar-refractivity contribution in [3.63, 3.8) is 0 Å². The molecule has 0 aliphatic rings. The predicted molar refractivity (Wildman–Crippen MR) is 74.5 cm³/mol. The molecular formula is C12H9Cl3OS. The number of aliphatic hydroxyl groups excluding tert-OH is 1. The van der Waals surface area contributed by atoms with Crippen LogP contribution in [-0.2, 0) is 6.42 Å². The molecule has 0 bridgehead atoms. The van der Waals surface area contributed by atoms with E-state index in [0.717, 1.165) is 10.4 Å². The van der Waals surface area contributed by atoms with Crippen LogP contribution in [0.5, 0.6) is 0 Å². The van der Waals surface area contributed by atoms with E-state index < -0.39 is 6.10 Å². The number of hydrogen-bond donors (Lipinski definition) is 1. The van der Waals surface area contributed by atoms with Gasteiger partial charge in [-0.3, -0.25) is 0 Å². The van der Waals surface area contributed by atoms with Crippen LogP contribution in [0.25, 0.3) is 0 Å². The van der Waals surface area contributed by atoms with E-state index in [0.29, 0.717) is 21.5 Å². The monoisotopic (exact) mass is 306 g/mol.